The lowest BCUT2D eigenvalue weighted by Gasteiger charge is -2.30. The van der Waals surface area contributed by atoms with Crippen LogP contribution in [0.2, 0.25) is 0 Å². The van der Waals surface area contributed by atoms with Crippen LogP contribution in [-0.4, -0.2) is 55.4 Å². The first-order chi connectivity index (χ1) is 15.8. The van der Waals surface area contributed by atoms with Crippen LogP contribution in [-0.2, 0) is 20.9 Å². The summed E-state index contributed by atoms with van der Waals surface area (Å²) in [7, 11) is 4.60. The minimum absolute atomic E-state index is 0.0159. The molecule has 0 bridgehead atoms. The Hall–Kier alpha value is -3.29. The number of furan rings is 1. The maximum absolute atomic E-state index is 13.5. The van der Waals surface area contributed by atoms with Gasteiger partial charge in [0, 0.05) is 20.0 Å². The summed E-state index contributed by atoms with van der Waals surface area (Å²) in [5.41, 5.74) is 1.25. The smallest absolute Gasteiger partial charge is 0.341 e. The molecule has 2 amide bonds. The second kappa shape index (κ2) is 10.6. The van der Waals surface area contributed by atoms with E-state index in [2.05, 4.69) is 6.92 Å². The van der Waals surface area contributed by atoms with Crippen molar-refractivity contribution in [2.24, 2.45) is 5.92 Å². The van der Waals surface area contributed by atoms with Gasteiger partial charge in [0.2, 0.25) is 11.8 Å². The number of methoxy groups -OCH3 is 2. The normalized spacial score (nSPS) is 17.8. The zero-order chi connectivity index (χ0) is 24.1. The maximum atomic E-state index is 13.5. The molecule has 0 N–H and O–H groups in total. The molecule has 1 fully saturated rings. The van der Waals surface area contributed by atoms with E-state index in [9.17, 15) is 14.4 Å². The van der Waals surface area contributed by atoms with Crippen LogP contribution in [0.25, 0.3) is 0 Å². The van der Waals surface area contributed by atoms with Gasteiger partial charge in [-0.15, -0.1) is 0 Å². The lowest BCUT2D eigenvalue weighted by atomic mass is 9.92. The average molecular weight is 457 g/mol. The molecular weight excluding hydrogens is 424 g/mol. The highest BCUT2D eigenvalue weighted by atomic mass is 16.5. The quantitative estimate of drug-likeness (QED) is 0.534. The topological polar surface area (TPSA) is 89.3 Å². The number of unbranched alkanes of at least 4 members (excludes halogenated alkanes) is 1. The molecule has 3 rings (SSSR count). The highest BCUT2D eigenvalue weighted by Gasteiger charge is 2.45. The molecule has 1 saturated heterocycles. The number of aryl methyl sites for hydroxylation is 1. The number of rotatable bonds is 9. The van der Waals surface area contributed by atoms with Crippen molar-refractivity contribution in [2.45, 2.75) is 45.7 Å². The van der Waals surface area contributed by atoms with E-state index in [4.69, 9.17) is 13.9 Å². The minimum atomic E-state index is -0.510. The Kier molecular flexibility index (Phi) is 7.79. The number of carbonyl (C=O) groups is 3. The van der Waals surface area contributed by atoms with E-state index < -0.39 is 11.9 Å². The van der Waals surface area contributed by atoms with Crippen LogP contribution in [0, 0.1) is 12.8 Å². The van der Waals surface area contributed by atoms with Crippen molar-refractivity contribution >= 4 is 17.8 Å². The number of ether oxygens (including phenoxy) is 2. The first kappa shape index (κ1) is 24.4. The van der Waals surface area contributed by atoms with E-state index in [1.807, 2.05) is 29.2 Å². The Morgan fingerprint density at radius 3 is 2.52 bits per heavy atom. The zero-order valence-corrected chi connectivity index (χ0v) is 19.9. The summed E-state index contributed by atoms with van der Waals surface area (Å²) in [5.74, 6) is 0.493. The predicted molar refractivity (Wildman–Crippen MR) is 122 cm³/mol. The third-order valence-electron chi connectivity index (χ3n) is 6.10. The van der Waals surface area contributed by atoms with Crippen molar-refractivity contribution < 1.29 is 28.3 Å². The van der Waals surface area contributed by atoms with Crippen LogP contribution in [0.1, 0.15) is 59.7 Å². The van der Waals surface area contributed by atoms with E-state index in [1.165, 1.54) is 7.11 Å². The summed E-state index contributed by atoms with van der Waals surface area (Å²) in [5, 5.41) is 0. The Morgan fingerprint density at radius 1 is 1.21 bits per heavy atom. The van der Waals surface area contributed by atoms with Gasteiger partial charge in [-0.1, -0.05) is 25.5 Å². The molecule has 1 aliphatic rings. The largest absolute Gasteiger partial charge is 0.497 e. The molecule has 0 saturated carbocycles. The second-order valence-corrected chi connectivity index (χ2v) is 8.34. The molecule has 2 atom stereocenters. The molecule has 33 heavy (non-hydrogen) atoms. The third kappa shape index (κ3) is 5.21. The average Bonchev–Trinajstić information content (AvgIpc) is 3.35. The van der Waals surface area contributed by atoms with Gasteiger partial charge in [0.05, 0.1) is 32.7 Å². The predicted octanol–water partition coefficient (Wildman–Crippen LogP) is 3.73. The molecule has 0 radical (unpaired) electrons. The Bertz CT molecular complexity index is 997. The monoisotopic (exact) mass is 456 g/mol. The number of esters is 1. The molecule has 0 aliphatic carbocycles. The van der Waals surface area contributed by atoms with Crippen molar-refractivity contribution in [2.75, 3.05) is 27.8 Å². The van der Waals surface area contributed by atoms with Crippen molar-refractivity contribution in [3.05, 3.63) is 53.0 Å². The number of hydrogen-bond donors (Lipinski definition) is 0. The molecule has 2 heterocycles. The minimum Gasteiger partial charge on any atom is -0.497 e. The fourth-order valence-electron chi connectivity index (χ4n) is 4.35. The maximum Gasteiger partial charge on any atom is 0.341 e. The molecule has 8 nitrogen and oxygen atoms in total. The van der Waals surface area contributed by atoms with E-state index in [0.717, 1.165) is 24.2 Å². The number of carbonyl (C=O) groups excluding carboxylic acids is 3. The Labute approximate surface area is 194 Å². The zero-order valence-electron chi connectivity index (χ0n) is 19.9. The number of benzene rings is 1. The van der Waals surface area contributed by atoms with Crippen LogP contribution in [0.4, 0.5) is 0 Å². The summed E-state index contributed by atoms with van der Waals surface area (Å²) in [6, 6.07) is 8.79. The van der Waals surface area contributed by atoms with Crippen LogP contribution in [0.5, 0.6) is 5.75 Å². The van der Waals surface area contributed by atoms with Crippen LogP contribution in [0.15, 0.2) is 34.7 Å². The molecule has 1 aliphatic heterocycles. The molecular formula is C25H32N2O6. The van der Waals surface area contributed by atoms with Crippen molar-refractivity contribution in [3.8, 4) is 5.75 Å². The molecule has 8 heteroatoms. The molecule has 1 aromatic heterocycles. The van der Waals surface area contributed by atoms with E-state index in [1.54, 1.807) is 32.0 Å². The summed E-state index contributed by atoms with van der Waals surface area (Å²) in [6.07, 6.45) is 1.99. The fourth-order valence-corrected chi connectivity index (χ4v) is 4.35. The van der Waals surface area contributed by atoms with Crippen LogP contribution >= 0.6 is 0 Å². The van der Waals surface area contributed by atoms with Gasteiger partial charge in [-0.05, 0) is 37.1 Å². The molecule has 0 spiro atoms. The first-order valence-corrected chi connectivity index (χ1v) is 11.2. The number of likely N-dealkylation sites (tertiary alicyclic amines) is 1. The molecule has 178 valence electrons. The summed E-state index contributed by atoms with van der Waals surface area (Å²) < 4.78 is 15.7. The lowest BCUT2D eigenvalue weighted by Crippen LogP contribution is -2.37. The van der Waals surface area contributed by atoms with E-state index in [-0.39, 0.29) is 30.8 Å². The highest BCUT2D eigenvalue weighted by Crippen LogP contribution is 2.40. The number of nitrogens with zero attached hydrogens (tertiary/aromatic N) is 2. The lowest BCUT2D eigenvalue weighted by molar-refractivity contribution is -0.136. The SMILES string of the molecule is CCCCN1C(=O)CC(C(=O)N(C)Cc2cc(C(=O)OC)c(C)o2)C1c1ccc(OC)cc1. The van der Waals surface area contributed by atoms with Gasteiger partial charge in [-0.3, -0.25) is 9.59 Å². The summed E-state index contributed by atoms with van der Waals surface area (Å²) >= 11 is 0. The van der Waals surface area contributed by atoms with Crippen molar-refractivity contribution in [1.29, 1.82) is 0 Å². The number of hydrogen-bond acceptors (Lipinski definition) is 6. The standard InChI is InChI=1S/C25H32N2O6/c1-6-7-12-27-22(28)14-21(23(27)17-8-10-18(31-4)11-9-17)24(29)26(3)15-19-13-20(16(2)33-19)25(30)32-5/h8-11,13,21,23H,6-7,12,14-15H2,1-5H3. The van der Waals surface area contributed by atoms with Gasteiger partial charge in [-0.25, -0.2) is 4.79 Å². The van der Waals surface area contributed by atoms with Gasteiger partial charge >= 0.3 is 5.97 Å². The van der Waals surface area contributed by atoms with Crippen molar-refractivity contribution in [3.63, 3.8) is 0 Å². The Balaban J connectivity index is 1.84. The fraction of sp³-hybridized carbons (Fsp3) is 0.480. The highest BCUT2D eigenvalue weighted by molar-refractivity contribution is 5.91. The first-order valence-electron chi connectivity index (χ1n) is 11.2. The Morgan fingerprint density at radius 2 is 1.91 bits per heavy atom. The molecule has 2 aromatic rings. The second-order valence-electron chi connectivity index (χ2n) is 8.34. The van der Waals surface area contributed by atoms with Crippen molar-refractivity contribution in [1.82, 2.24) is 9.80 Å². The van der Waals surface area contributed by atoms with Gasteiger partial charge in [0.25, 0.3) is 0 Å². The van der Waals surface area contributed by atoms with Gasteiger partial charge < -0.3 is 23.7 Å². The molecule has 1 aromatic carbocycles. The van der Waals surface area contributed by atoms with Crippen LogP contribution in [0.3, 0.4) is 0 Å². The molecule has 2 unspecified atom stereocenters. The summed E-state index contributed by atoms with van der Waals surface area (Å²) in [6.45, 7) is 4.55. The van der Waals surface area contributed by atoms with Gasteiger partial charge in [0.1, 0.15) is 22.8 Å². The third-order valence-corrected chi connectivity index (χ3v) is 6.10. The van der Waals surface area contributed by atoms with E-state index >= 15 is 0 Å². The summed E-state index contributed by atoms with van der Waals surface area (Å²) in [4.78, 5) is 41.6. The van der Waals surface area contributed by atoms with Gasteiger partial charge in [-0.2, -0.15) is 0 Å². The van der Waals surface area contributed by atoms with Gasteiger partial charge in [0.15, 0.2) is 0 Å². The number of amides is 2. The van der Waals surface area contributed by atoms with E-state index in [0.29, 0.717) is 23.6 Å². The van der Waals surface area contributed by atoms with Crippen LogP contribution < -0.4 is 4.74 Å².